The second-order valence-electron chi connectivity index (χ2n) is 5.51. The topological polar surface area (TPSA) is 29.9 Å². The predicted octanol–water partition coefficient (Wildman–Crippen LogP) is 5.48. The zero-order valence-electron chi connectivity index (χ0n) is 13.3. The third-order valence-corrected chi connectivity index (χ3v) is 5.08. The van der Waals surface area contributed by atoms with Gasteiger partial charge in [0.2, 0.25) is 0 Å². The molecule has 0 aliphatic rings. The van der Waals surface area contributed by atoms with Gasteiger partial charge >= 0.3 is 0 Å². The molecular weight excluding hydrogens is 326 g/mol. The van der Waals surface area contributed by atoms with Crippen molar-refractivity contribution in [3.8, 4) is 11.4 Å². The van der Waals surface area contributed by atoms with E-state index in [9.17, 15) is 0 Å². The normalized spacial score (nSPS) is 10.8. The smallest absolute Gasteiger partial charge is 0.139 e. The number of anilines is 1. The van der Waals surface area contributed by atoms with Crippen LogP contribution in [0, 0.1) is 13.8 Å². The van der Waals surface area contributed by atoms with Crippen LogP contribution in [-0.2, 0) is 7.05 Å². The zero-order chi connectivity index (χ0) is 16.4. The quantitative estimate of drug-likeness (QED) is 0.636. The molecule has 1 N–H and O–H groups in total. The highest BCUT2D eigenvalue weighted by molar-refractivity contribution is 8.00. The molecule has 0 aliphatic heterocycles. The van der Waals surface area contributed by atoms with Gasteiger partial charge in [0.05, 0.1) is 0 Å². The Kier molecular flexibility index (Phi) is 4.64. The number of benzene rings is 2. The van der Waals surface area contributed by atoms with Gasteiger partial charge in [0.15, 0.2) is 0 Å². The van der Waals surface area contributed by atoms with Crippen LogP contribution in [0.5, 0.6) is 0 Å². The minimum Gasteiger partial charge on any atom is -0.334 e. The third-order valence-electron chi connectivity index (χ3n) is 3.68. The van der Waals surface area contributed by atoms with Crippen LogP contribution in [-0.4, -0.2) is 9.55 Å². The first-order valence-electron chi connectivity index (χ1n) is 7.32. The minimum absolute atomic E-state index is 0.809. The third kappa shape index (κ3) is 3.54. The molecule has 0 radical (unpaired) electrons. The van der Waals surface area contributed by atoms with E-state index in [1.54, 1.807) is 11.9 Å². The maximum Gasteiger partial charge on any atom is 0.139 e. The Hall–Kier alpha value is -1.91. The van der Waals surface area contributed by atoms with E-state index in [4.69, 9.17) is 11.6 Å². The van der Waals surface area contributed by atoms with Crippen molar-refractivity contribution >= 4 is 29.2 Å². The lowest BCUT2D eigenvalue weighted by Gasteiger charge is -2.11. The second kappa shape index (κ2) is 6.69. The monoisotopic (exact) mass is 343 g/mol. The summed E-state index contributed by atoms with van der Waals surface area (Å²) < 4.78 is 5.42. The van der Waals surface area contributed by atoms with Crippen molar-refractivity contribution in [1.29, 1.82) is 0 Å². The number of halogens is 1. The molecule has 118 valence electrons. The molecule has 0 fully saturated rings. The Morgan fingerprint density at radius 1 is 1.13 bits per heavy atom. The highest BCUT2D eigenvalue weighted by Gasteiger charge is 2.06. The summed E-state index contributed by atoms with van der Waals surface area (Å²) in [6, 6.07) is 12.4. The van der Waals surface area contributed by atoms with Gasteiger partial charge in [0, 0.05) is 40.6 Å². The lowest BCUT2D eigenvalue weighted by atomic mass is 10.2. The lowest BCUT2D eigenvalue weighted by molar-refractivity contribution is 0.925. The van der Waals surface area contributed by atoms with Gasteiger partial charge < -0.3 is 9.29 Å². The standard InChI is InChI=1S/C18H18ClN3S/c1-12-10-17(13(2)9-16(12)19)23-21-15-6-4-5-14(11-15)18-20-7-8-22(18)3/h4-11,21H,1-3H3. The molecule has 3 nitrogen and oxygen atoms in total. The molecule has 0 saturated heterocycles. The summed E-state index contributed by atoms with van der Waals surface area (Å²) in [5.74, 6) is 0.956. The van der Waals surface area contributed by atoms with Crippen molar-refractivity contribution < 1.29 is 0 Å². The van der Waals surface area contributed by atoms with Crippen LogP contribution in [0.25, 0.3) is 11.4 Å². The summed E-state index contributed by atoms with van der Waals surface area (Å²) in [5.41, 5.74) is 4.39. The molecule has 0 spiro atoms. The fourth-order valence-corrected chi connectivity index (χ4v) is 3.37. The summed E-state index contributed by atoms with van der Waals surface area (Å²) in [4.78, 5) is 5.57. The lowest BCUT2D eigenvalue weighted by Crippen LogP contribution is -1.93. The van der Waals surface area contributed by atoms with Crippen LogP contribution in [0.4, 0.5) is 5.69 Å². The minimum atomic E-state index is 0.809. The van der Waals surface area contributed by atoms with E-state index in [-0.39, 0.29) is 0 Å². The fourth-order valence-electron chi connectivity index (χ4n) is 2.34. The number of aromatic nitrogens is 2. The number of nitrogens with zero attached hydrogens (tertiary/aromatic N) is 2. The van der Waals surface area contributed by atoms with Gasteiger partial charge in [-0.25, -0.2) is 4.98 Å². The number of rotatable bonds is 4. The van der Waals surface area contributed by atoms with Crippen LogP contribution in [0.15, 0.2) is 53.7 Å². The SMILES string of the molecule is Cc1cc(SNc2cccc(-c3nccn3C)c2)c(C)cc1Cl. The summed E-state index contributed by atoms with van der Waals surface area (Å²) in [6.45, 7) is 4.09. The van der Waals surface area contributed by atoms with Crippen molar-refractivity contribution in [2.45, 2.75) is 18.7 Å². The number of nitrogens with one attached hydrogen (secondary N) is 1. The van der Waals surface area contributed by atoms with Gasteiger partial charge in [0.1, 0.15) is 5.82 Å². The van der Waals surface area contributed by atoms with Gasteiger partial charge in [-0.1, -0.05) is 23.7 Å². The first-order valence-corrected chi connectivity index (χ1v) is 8.51. The van der Waals surface area contributed by atoms with Crippen LogP contribution in [0.2, 0.25) is 5.02 Å². The maximum atomic E-state index is 6.16. The number of hydrogen-bond acceptors (Lipinski definition) is 3. The molecule has 0 aliphatic carbocycles. The maximum absolute atomic E-state index is 6.16. The Labute approximate surface area is 145 Å². The van der Waals surface area contributed by atoms with Crippen LogP contribution < -0.4 is 4.72 Å². The largest absolute Gasteiger partial charge is 0.334 e. The molecule has 23 heavy (non-hydrogen) atoms. The highest BCUT2D eigenvalue weighted by Crippen LogP contribution is 2.30. The fraction of sp³-hybridized carbons (Fsp3) is 0.167. The van der Waals surface area contributed by atoms with Gasteiger partial charge in [-0.15, -0.1) is 0 Å². The predicted molar refractivity (Wildman–Crippen MR) is 99.0 cm³/mol. The molecule has 2 aromatic carbocycles. The molecule has 3 aromatic rings. The first kappa shape index (κ1) is 16.0. The van der Waals surface area contributed by atoms with E-state index >= 15 is 0 Å². The van der Waals surface area contributed by atoms with Crippen molar-refractivity contribution in [2.75, 3.05) is 4.72 Å². The van der Waals surface area contributed by atoms with E-state index in [0.717, 1.165) is 27.7 Å². The van der Waals surface area contributed by atoms with Crippen LogP contribution in [0.1, 0.15) is 11.1 Å². The summed E-state index contributed by atoms with van der Waals surface area (Å²) in [6.07, 6.45) is 3.76. The summed E-state index contributed by atoms with van der Waals surface area (Å²) >= 11 is 7.75. The number of imidazole rings is 1. The molecule has 0 bridgehead atoms. The van der Waals surface area contributed by atoms with Crippen molar-refractivity contribution in [3.05, 3.63) is 64.9 Å². The van der Waals surface area contributed by atoms with Gasteiger partial charge in [-0.05, 0) is 61.2 Å². The number of aryl methyl sites for hydroxylation is 3. The molecule has 0 saturated carbocycles. The molecular formula is C18H18ClN3S. The van der Waals surface area contributed by atoms with Gasteiger partial charge in [0.25, 0.3) is 0 Å². The average Bonchev–Trinajstić information content (AvgIpc) is 2.96. The molecule has 1 heterocycles. The average molecular weight is 344 g/mol. The van der Waals surface area contributed by atoms with E-state index in [1.807, 2.05) is 43.1 Å². The Morgan fingerprint density at radius 2 is 1.96 bits per heavy atom. The van der Waals surface area contributed by atoms with Gasteiger partial charge in [-0.3, -0.25) is 0 Å². The summed E-state index contributed by atoms with van der Waals surface area (Å²) in [5, 5.41) is 0.809. The van der Waals surface area contributed by atoms with Crippen molar-refractivity contribution in [1.82, 2.24) is 9.55 Å². The van der Waals surface area contributed by atoms with Crippen molar-refractivity contribution in [2.24, 2.45) is 7.05 Å². The van der Waals surface area contributed by atoms with E-state index in [0.29, 0.717) is 0 Å². The first-order chi connectivity index (χ1) is 11.0. The molecule has 3 rings (SSSR count). The summed E-state index contributed by atoms with van der Waals surface area (Å²) in [7, 11) is 2.00. The molecule has 0 unspecified atom stereocenters. The number of hydrogen-bond donors (Lipinski definition) is 1. The second-order valence-corrected chi connectivity index (χ2v) is 6.77. The molecule has 0 atom stereocenters. The Morgan fingerprint density at radius 3 is 2.70 bits per heavy atom. The van der Waals surface area contributed by atoms with E-state index in [2.05, 4.69) is 40.9 Å². The molecule has 1 aromatic heterocycles. The van der Waals surface area contributed by atoms with E-state index in [1.165, 1.54) is 10.5 Å². The Bertz CT molecular complexity index is 842. The Balaban J connectivity index is 1.79. The van der Waals surface area contributed by atoms with Gasteiger partial charge in [-0.2, -0.15) is 0 Å². The molecule has 0 amide bonds. The van der Waals surface area contributed by atoms with Crippen molar-refractivity contribution in [3.63, 3.8) is 0 Å². The van der Waals surface area contributed by atoms with Crippen LogP contribution in [0.3, 0.4) is 0 Å². The zero-order valence-corrected chi connectivity index (χ0v) is 14.9. The molecule has 5 heteroatoms. The van der Waals surface area contributed by atoms with E-state index < -0.39 is 0 Å². The van der Waals surface area contributed by atoms with Crippen LogP contribution >= 0.6 is 23.5 Å². The highest BCUT2D eigenvalue weighted by atomic mass is 35.5.